The van der Waals surface area contributed by atoms with Gasteiger partial charge >= 0.3 is 0 Å². The summed E-state index contributed by atoms with van der Waals surface area (Å²) in [5, 5.41) is 11.5. The van der Waals surface area contributed by atoms with Crippen LogP contribution in [0.3, 0.4) is 0 Å². The highest BCUT2D eigenvalue weighted by molar-refractivity contribution is 7.99. The largest absolute Gasteiger partial charge is 0.411 e. The van der Waals surface area contributed by atoms with E-state index in [2.05, 4.69) is 38.6 Å². The van der Waals surface area contributed by atoms with E-state index in [4.69, 9.17) is 4.42 Å². The molecule has 6 nitrogen and oxygen atoms in total. The van der Waals surface area contributed by atoms with Crippen LogP contribution < -0.4 is 5.32 Å². The Kier molecular flexibility index (Phi) is 7.06. The van der Waals surface area contributed by atoms with Gasteiger partial charge in [0.05, 0.1) is 11.8 Å². The molecule has 0 fully saturated rings. The maximum Gasteiger partial charge on any atom is 0.277 e. The molecule has 7 heteroatoms. The summed E-state index contributed by atoms with van der Waals surface area (Å²) >= 11 is 1.24. The molecule has 3 rings (SSSR count). The highest BCUT2D eigenvalue weighted by Crippen LogP contribution is 2.25. The van der Waals surface area contributed by atoms with Crippen molar-refractivity contribution in [2.24, 2.45) is 0 Å². The molecule has 0 spiro atoms. The smallest absolute Gasteiger partial charge is 0.277 e. The van der Waals surface area contributed by atoms with Crippen LogP contribution in [0, 0.1) is 13.8 Å². The zero-order chi connectivity index (χ0) is 20.8. The Morgan fingerprint density at radius 1 is 1.10 bits per heavy atom. The van der Waals surface area contributed by atoms with Crippen molar-refractivity contribution < 1.29 is 9.21 Å². The van der Waals surface area contributed by atoms with E-state index in [1.165, 1.54) is 17.3 Å². The summed E-state index contributed by atoms with van der Waals surface area (Å²) in [6, 6.07) is 16.4. The standard InChI is InChI=1S/C22H26N4O2S/c1-15-10-16(2)12-18(11-15)21-24-25-22(28-21)29-14-20(27)23-13-19(26(3)4)17-8-6-5-7-9-17/h5-12,19H,13-14H2,1-4H3,(H,23,27)/t19-/m1/s1. The predicted octanol–water partition coefficient (Wildman–Crippen LogP) is 3.86. The van der Waals surface area contributed by atoms with Crippen LogP contribution in [0.4, 0.5) is 0 Å². The molecule has 1 heterocycles. The lowest BCUT2D eigenvalue weighted by atomic mass is 10.1. The molecular weight excluding hydrogens is 384 g/mol. The van der Waals surface area contributed by atoms with Gasteiger partial charge in [-0.3, -0.25) is 4.79 Å². The second kappa shape index (κ2) is 9.71. The molecule has 29 heavy (non-hydrogen) atoms. The van der Waals surface area contributed by atoms with Crippen molar-refractivity contribution in [1.29, 1.82) is 0 Å². The number of carbonyl (C=O) groups excluding carboxylic acids is 1. The molecule has 1 atom stereocenters. The molecular formula is C22H26N4O2S. The molecule has 0 saturated heterocycles. The van der Waals surface area contributed by atoms with Crippen molar-refractivity contribution in [1.82, 2.24) is 20.4 Å². The lowest BCUT2D eigenvalue weighted by Gasteiger charge is -2.25. The zero-order valence-electron chi connectivity index (χ0n) is 17.2. The van der Waals surface area contributed by atoms with Crippen molar-refractivity contribution >= 4 is 17.7 Å². The van der Waals surface area contributed by atoms with Gasteiger partial charge in [-0.15, -0.1) is 10.2 Å². The van der Waals surface area contributed by atoms with Gasteiger partial charge in [-0.05, 0) is 45.6 Å². The minimum Gasteiger partial charge on any atom is -0.411 e. The summed E-state index contributed by atoms with van der Waals surface area (Å²) in [7, 11) is 4.01. The summed E-state index contributed by atoms with van der Waals surface area (Å²) in [4.78, 5) is 14.4. The van der Waals surface area contributed by atoms with E-state index in [9.17, 15) is 4.79 Å². The van der Waals surface area contributed by atoms with Crippen LogP contribution in [0.15, 0.2) is 58.2 Å². The third kappa shape index (κ3) is 5.92. The van der Waals surface area contributed by atoms with Gasteiger partial charge in [-0.2, -0.15) is 0 Å². The van der Waals surface area contributed by atoms with Crippen molar-refractivity contribution in [3.63, 3.8) is 0 Å². The number of hydrogen-bond acceptors (Lipinski definition) is 6. The molecule has 0 aliphatic heterocycles. The fourth-order valence-corrected chi connectivity index (χ4v) is 3.74. The number of likely N-dealkylation sites (N-methyl/N-ethyl adjacent to an activating group) is 1. The monoisotopic (exact) mass is 410 g/mol. The Labute approximate surface area is 175 Å². The van der Waals surface area contributed by atoms with Gasteiger partial charge in [-0.25, -0.2) is 0 Å². The molecule has 0 saturated carbocycles. The first-order valence-corrected chi connectivity index (χ1v) is 10.4. The van der Waals surface area contributed by atoms with Crippen molar-refractivity contribution in [3.8, 4) is 11.5 Å². The summed E-state index contributed by atoms with van der Waals surface area (Å²) in [6.07, 6.45) is 0. The summed E-state index contributed by atoms with van der Waals surface area (Å²) in [5.41, 5.74) is 4.34. The Morgan fingerprint density at radius 2 is 1.79 bits per heavy atom. The minimum absolute atomic E-state index is 0.0658. The van der Waals surface area contributed by atoms with E-state index >= 15 is 0 Å². The summed E-state index contributed by atoms with van der Waals surface area (Å²) in [5.74, 6) is 0.629. The van der Waals surface area contributed by atoms with Gasteiger partial charge in [-0.1, -0.05) is 59.3 Å². The molecule has 152 valence electrons. The minimum atomic E-state index is -0.0658. The lowest BCUT2D eigenvalue weighted by molar-refractivity contribution is -0.118. The number of hydrogen-bond donors (Lipinski definition) is 1. The average molecular weight is 411 g/mol. The van der Waals surface area contributed by atoms with E-state index in [1.807, 2.05) is 58.3 Å². The van der Waals surface area contributed by atoms with Crippen LogP contribution in [-0.2, 0) is 4.79 Å². The molecule has 1 N–H and O–H groups in total. The van der Waals surface area contributed by atoms with Crippen molar-refractivity contribution in [2.45, 2.75) is 25.1 Å². The maximum absolute atomic E-state index is 12.3. The number of rotatable bonds is 8. The van der Waals surface area contributed by atoms with Gasteiger partial charge in [0.15, 0.2) is 0 Å². The topological polar surface area (TPSA) is 71.3 Å². The van der Waals surface area contributed by atoms with E-state index in [1.54, 1.807) is 0 Å². The SMILES string of the molecule is Cc1cc(C)cc(-c2nnc(SCC(=O)NC[C@H](c3ccccc3)N(C)C)o2)c1. The number of nitrogens with zero attached hydrogens (tertiary/aromatic N) is 3. The lowest BCUT2D eigenvalue weighted by Crippen LogP contribution is -2.35. The van der Waals surface area contributed by atoms with E-state index < -0.39 is 0 Å². The summed E-state index contributed by atoms with van der Waals surface area (Å²) < 4.78 is 5.72. The first-order valence-electron chi connectivity index (χ1n) is 9.45. The van der Waals surface area contributed by atoms with Crippen molar-refractivity contribution in [3.05, 3.63) is 65.2 Å². The van der Waals surface area contributed by atoms with Crippen molar-refractivity contribution in [2.75, 3.05) is 26.4 Å². The van der Waals surface area contributed by atoms with E-state index in [-0.39, 0.29) is 17.7 Å². The molecule has 0 unspecified atom stereocenters. The molecule has 0 aliphatic carbocycles. The number of aryl methyl sites for hydroxylation is 2. The van der Waals surface area contributed by atoms with Crippen LogP contribution in [-0.4, -0.2) is 47.4 Å². The fraction of sp³-hybridized carbons (Fsp3) is 0.318. The quantitative estimate of drug-likeness (QED) is 0.569. The van der Waals surface area contributed by atoms with Crippen LogP contribution in [0.2, 0.25) is 0 Å². The van der Waals surface area contributed by atoms with Gasteiger partial charge in [0.1, 0.15) is 0 Å². The van der Waals surface area contributed by atoms with E-state index in [0.29, 0.717) is 17.7 Å². The Hall–Kier alpha value is -2.64. The number of amides is 1. The van der Waals surface area contributed by atoms with Crippen LogP contribution >= 0.6 is 11.8 Å². The van der Waals surface area contributed by atoms with Gasteiger partial charge in [0.25, 0.3) is 5.22 Å². The van der Waals surface area contributed by atoms with Gasteiger partial charge in [0.2, 0.25) is 11.8 Å². The normalized spacial score (nSPS) is 12.2. The third-order valence-corrected chi connectivity index (χ3v) is 5.32. The molecule has 0 radical (unpaired) electrons. The van der Waals surface area contributed by atoms with Gasteiger partial charge < -0.3 is 14.6 Å². The number of benzene rings is 2. The van der Waals surface area contributed by atoms with Crippen LogP contribution in [0.25, 0.3) is 11.5 Å². The molecule has 2 aromatic carbocycles. The number of nitrogens with one attached hydrogen (secondary N) is 1. The second-order valence-electron chi connectivity index (χ2n) is 7.23. The first kappa shape index (κ1) is 21.1. The predicted molar refractivity (Wildman–Crippen MR) is 116 cm³/mol. The van der Waals surface area contributed by atoms with Crippen LogP contribution in [0.5, 0.6) is 0 Å². The summed E-state index contributed by atoms with van der Waals surface area (Å²) in [6.45, 7) is 4.60. The Balaban J connectivity index is 1.54. The molecule has 0 aliphatic rings. The average Bonchev–Trinajstić information content (AvgIpc) is 3.15. The number of aromatic nitrogens is 2. The number of thioether (sulfide) groups is 1. The maximum atomic E-state index is 12.3. The van der Waals surface area contributed by atoms with Crippen LogP contribution in [0.1, 0.15) is 22.7 Å². The van der Waals surface area contributed by atoms with Gasteiger partial charge in [0, 0.05) is 12.1 Å². The van der Waals surface area contributed by atoms with E-state index in [0.717, 1.165) is 16.7 Å². The molecule has 3 aromatic rings. The highest BCUT2D eigenvalue weighted by atomic mass is 32.2. The Bertz CT molecular complexity index is 936. The third-order valence-electron chi connectivity index (χ3n) is 4.50. The molecule has 1 amide bonds. The second-order valence-corrected chi connectivity index (χ2v) is 8.16. The molecule has 1 aromatic heterocycles. The molecule has 0 bridgehead atoms. The first-order chi connectivity index (χ1) is 13.9. The number of carbonyl (C=O) groups is 1. The highest BCUT2D eigenvalue weighted by Gasteiger charge is 2.16. The zero-order valence-corrected chi connectivity index (χ0v) is 18.0. The Morgan fingerprint density at radius 3 is 2.45 bits per heavy atom. The fourth-order valence-electron chi connectivity index (χ4n) is 3.15.